The van der Waals surface area contributed by atoms with E-state index in [4.69, 9.17) is 5.73 Å². The summed E-state index contributed by atoms with van der Waals surface area (Å²) in [6.07, 6.45) is 0.925. The number of hydrogen-bond donors (Lipinski definition) is 1. The van der Waals surface area contributed by atoms with Crippen LogP contribution in [0.25, 0.3) is 0 Å². The summed E-state index contributed by atoms with van der Waals surface area (Å²) in [5.74, 6) is 0.148. The van der Waals surface area contributed by atoms with Crippen molar-refractivity contribution in [2.24, 2.45) is 5.73 Å². The van der Waals surface area contributed by atoms with E-state index in [1.807, 2.05) is 12.1 Å². The van der Waals surface area contributed by atoms with Crippen LogP contribution in [0.2, 0.25) is 0 Å². The molecule has 2 nitrogen and oxygen atoms in total. The van der Waals surface area contributed by atoms with Crippen molar-refractivity contribution >= 4 is 0 Å². The molecule has 1 fully saturated rings. The highest BCUT2D eigenvalue weighted by Gasteiger charge is 2.26. The Kier molecular flexibility index (Phi) is 4.32. The van der Waals surface area contributed by atoms with Gasteiger partial charge in [0.05, 0.1) is 0 Å². The molecule has 0 bridgehead atoms. The third-order valence-electron chi connectivity index (χ3n) is 4.13. The van der Waals surface area contributed by atoms with Crippen LogP contribution in [0.3, 0.4) is 0 Å². The minimum absolute atomic E-state index is 0.149. The Labute approximate surface area is 125 Å². The molecule has 3 rings (SSSR count). The van der Waals surface area contributed by atoms with Gasteiger partial charge in [0, 0.05) is 25.7 Å². The standard InChI is InChI=1S/C18H21FN2/c19-17-8-4-7-15(9-17)16-10-18(20)13-21(12-16)11-14-5-2-1-3-6-14/h1-9,16,18H,10-13,20H2. The summed E-state index contributed by atoms with van der Waals surface area (Å²) in [6.45, 7) is 2.74. The molecule has 0 aliphatic carbocycles. The van der Waals surface area contributed by atoms with Crippen molar-refractivity contribution in [2.75, 3.05) is 13.1 Å². The summed E-state index contributed by atoms with van der Waals surface area (Å²) in [6, 6.07) is 17.5. The lowest BCUT2D eigenvalue weighted by molar-refractivity contribution is 0.181. The molecule has 2 N–H and O–H groups in total. The van der Waals surface area contributed by atoms with Crippen LogP contribution in [0, 0.1) is 5.82 Å². The van der Waals surface area contributed by atoms with Gasteiger partial charge in [-0.05, 0) is 35.6 Å². The van der Waals surface area contributed by atoms with E-state index in [-0.39, 0.29) is 11.9 Å². The van der Waals surface area contributed by atoms with Crippen LogP contribution in [0.4, 0.5) is 4.39 Å². The first-order valence-electron chi connectivity index (χ1n) is 7.48. The number of benzene rings is 2. The normalized spacial score (nSPS) is 23.1. The van der Waals surface area contributed by atoms with Crippen LogP contribution in [0.5, 0.6) is 0 Å². The van der Waals surface area contributed by atoms with E-state index in [0.717, 1.165) is 31.6 Å². The van der Waals surface area contributed by atoms with Crippen molar-refractivity contribution in [3.8, 4) is 0 Å². The average molecular weight is 284 g/mol. The number of piperidine rings is 1. The second kappa shape index (κ2) is 6.37. The molecule has 0 saturated carbocycles. The van der Waals surface area contributed by atoms with Gasteiger partial charge in [-0.2, -0.15) is 0 Å². The minimum atomic E-state index is -0.166. The highest BCUT2D eigenvalue weighted by molar-refractivity contribution is 5.22. The Balaban J connectivity index is 1.72. The summed E-state index contributed by atoms with van der Waals surface area (Å²) in [5.41, 5.74) is 8.56. The van der Waals surface area contributed by atoms with Gasteiger partial charge in [0.2, 0.25) is 0 Å². The van der Waals surface area contributed by atoms with E-state index in [0.29, 0.717) is 5.92 Å². The van der Waals surface area contributed by atoms with Crippen LogP contribution >= 0.6 is 0 Å². The third kappa shape index (κ3) is 3.69. The van der Waals surface area contributed by atoms with Crippen molar-refractivity contribution in [1.29, 1.82) is 0 Å². The van der Waals surface area contributed by atoms with E-state index in [9.17, 15) is 4.39 Å². The Morgan fingerprint density at radius 2 is 1.86 bits per heavy atom. The van der Waals surface area contributed by atoms with Gasteiger partial charge in [0.1, 0.15) is 5.82 Å². The maximum absolute atomic E-state index is 13.4. The highest BCUT2D eigenvalue weighted by atomic mass is 19.1. The van der Waals surface area contributed by atoms with Crippen LogP contribution in [0.15, 0.2) is 54.6 Å². The van der Waals surface area contributed by atoms with E-state index in [1.165, 1.54) is 11.6 Å². The molecule has 2 atom stereocenters. The fraction of sp³-hybridized carbons (Fsp3) is 0.333. The summed E-state index contributed by atoms with van der Waals surface area (Å²) in [7, 11) is 0. The molecule has 2 aromatic rings. The lowest BCUT2D eigenvalue weighted by atomic mass is 9.88. The number of nitrogens with two attached hydrogens (primary N) is 1. The number of likely N-dealkylation sites (tertiary alicyclic amines) is 1. The Morgan fingerprint density at radius 3 is 2.62 bits per heavy atom. The predicted molar refractivity (Wildman–Crippen MR) is 83.5 cm³/mol. The maximum atomic E-state index is 13.4. The molecule has 21 heavy (non-hydrogen) atoms. The number of halogens is 1. The second-order valence-electron chi connectivity index (χ2n) is 5.93. The molecule has 1 saturated heterocycles. The van der Waals surface area contributed by atoms with Gasteiger partial charge in [0.25, 0.3) is 0 Å². The number of hydrogen-bond acceptors (Lipinski definition) is 2. The lowest BCUT2D eigenvalue weighted by Gasteiger charge is -2.36. The molecule has 1 aliphatic rings. The molecule has 0 radical (unpaired) electrons. The number of nitrogens with zero attached hydrogens (tertiary/aromatic N) is 1. The zero-order valence-corrected chi connectivity index (χ0v) is 12.1. The third-order valence-corrected chi connectivity index (χ3v) is 4.13. The van der Waals surface area contributed by atoms with Gasteiger partial charge in [-0.3, -0.25) is 4.90 Å². The van der Waals surface area contributed by atoms with Crippen LogP contribution < -0.4 is 5.73 Å². The van der Waals surface area contributed by atoms with Gasteiger partial charge < -0.3 is 5.73 Å². The van der Waals surface area contributed by atoms with Gasteiger partial charge in [-0.15, -0.1) is 0 Å². The fourth-order valence-corrected chi connectivity index (χ4v) is 3.21. The first-order chi connectivity index (χ1) is 10.2. The molecule has 0 spiro atoms. The van der Waals surface area contributed by atoms with Gasteiger partial charge in [0.15, 0.2) is 0 Å². The minimum Gasteiger partial charge on any atom is -0.327 e. The van der Waals surface area contributed by atoms with Crippen LogP contribution in [-0.4, -0.2) is 24.0 Å². The molecule has 0 amide bonds. The smallest absolute Gasteiger partial charge is 0.123 e. The fourth-order valence-electron chi connectivity index (χ4n) is 3.21. The Bertz CT molecular complexity index is 585. The SMILES string of the molecule is NC1CC(c2cccc(F)c2)CN(Cc2ccccc2)C1. The van der Waals surface area contributed by atoms with Gasteiger partial charge >= 0.3 is 0 Å². The topological polar surface area (TPSA) is 29.3 Å². The molecular weight excluding hydrogens is 263 g/mol. The molecule has 2 unspecified atom stereocenters. The summed E-state index contributed by atoms with van der Waals surface area (Å²) in [5, 5.41) is 0. The predicted octanol–water partition coefficient (Wildman–Crippen LogP) is 3.14. The molecule has 0 aromatic heterocycles. The molecule has 1 aliphatic heterocycles. The van der Waals surface area contributed by atoms with Crippen molar-refractivity contribution in [3.63, 3.8) is 0 Å². The second-order valence-corrected chi connectivity index (χ2v) is 5.93. The van der Waals surface area contributed by atoms with Gasteiger partial charge in [-0.25, -0.2) is 4.39 Å². The van der Waals surface area contributed by atoms with E-state index >= 15 is 0 Å². The van der Waals surface area contributed by atoms with Crippen molar-refractivity contribution < 1.29 is 4.39 Å². The highest BCUT2D eigenvalue weighted by Crippen LogP contribution is 2.27. The lowest BCUT2D eigenvalue weighted by Crippen LogP contribution is -2.45. The van der Waals surface area contributed by atoms with Crippen molar-refractivity contribution in [1.82, 2.24) is 4.90 Å². The van der Waals surface area contributed by atoms with Gasteiger partial charge in [-0.1, -0.05) is 42.5 Å². The average Bonchev–Trinajstić information content (AvgIpc) is 2.48. The van der Waals surface area contributed by atoms with Crippen LogP contribution in [-0.2, 0) is 6.54 Å². The van der Waals surface area contributed by atoms with Crippen LogP contribution in [0.1, 0.15) is 23.5 Å². The van der Waals surface area contributed by atoms with E-state index in [1.54, 1.807) is 12.1 Å². The zero-order chi connectivity index (χ0) is 14.7. The zero-order valence-electron chi connectivity index (χ0n) is 12.1. The summed E-state index contributed by atoms with van der Waals surface area (Å²) >= 11 is 0. The Morgan fingerprint density at radius 1 is 1.05 bits per heavy atom. The molecule has 110 valence electrons. The molecule has 3 heteroatoms. The van der Waals surface area contributed by atoms with Crippen molar-refractivity contribution in [3.05, 3.63) is 71.5 Å². The quantitative estimate of drug-likeness (QED) is 0.938. The summed E-state index contributed by atoms with van der Waals surface area (Å²) < 4.78 is 13.4. The summed E-state index contributed by atoms with van der Waals surface area (Å²) in [4.78, 5) is 2.37. The molecule has 2 aromatic carbocycles. The van der Waals surface area contributed by atoms with Crippen molar-refractivity contribution in [2.45, 2.75) is 24.9 Å². The van der Waals surface area contributed by atoms with E-state index < -0.39 is 0 Å². The van der Waals surface area contributed by atoms with E-state index in [2.05, 4.69) is 29.2 Å². The maximum Gasteiger partial charge on any atom is 0.123 e. The first-order valence-corrected chi connectivity index (χ1v) is 7.48. The molecular formula is C18H21FN2. The largest absolute Gasteiger partial charge is 0.327 e. The Hall–Kier alpha value is -1.71. The molecule has 1 heterocycles. The number of rotatable bonds is 3. The monoisotopic (exact) mass is 284 g/mol. The first kappa shape index (κ1) is 14.2.